The molecule has 1 aromatic carbocycles. The second-order valence-electron chi connectivity index (χ2n) is 4.19. The molecule has 0 aliphatic carbocycles. The third-order valence-electron chi connectivity index (χ3n) is 2.91. The van der Waals surface area contributed by atoms with Crippen molar-refractivity contribution in [1.29, 1.82) is 0 Å². The van der Waals surface area contributed by atoms with Crippen LogP contribution in [0.4, 0.5) is 5.82 Å². The van der Waals surface area contributed by atoms with Crippen LogP contribution >= 0.6 is 0 Å². The average Bonchev–Trinajstić information content (AvgIpc) is 3.01. The molecule has 18 heavy (non-hydrogen) atoms. The molecule has 0 fully saturated rings. The Morgan fingerprint density at radius 2 is 2.11 bits per heavy atom. The average molecular weight is 242 g/mol. The van der Waals surface area contributed by atoms with E-state index in [0.717, 1.165) is 23.4 Å². The van der Waals surface area contributed by atoms with Crippen molar-refractivity contribution >= 4 is 11.7 Å². The summed E-state index contributed by atoms with van der Waals surface area (Å²) in [6.45, 7) is 1.40. The summed E-state index contributed by atoms with van der Waals surface area (Å²) in [5, 5.41) is 4.36. The lowest BCUT2D eigenvalue weighted by Gasteiger charge is -2.03. The predicted molar refractivity (Wildman–Crippen MR) is 70.4 cm³/mol. The fourth-order valence-electron chi connectivity index (χ4n) is 1.94. The standard InChI is InChI=1S/C13H14N4O/c1-17-12(14)8-11(16-17)9-3-2-4-10(7-9)13-15-5-6-18-13/h2-4,7-8H,5-6,14H2,1H3. The number of aliphatic imine (C=N–C) groups is 1. The molecule has 2 N–H and O–H groups in total. The van der Waals surface area contributed by atoms with E-state index < -0.39 is 0 Å². The quantitative estimate of drug-likeness (QED) is 0.866. The maximum Gasteiger partial charge on any atom is 0.216 e. The predicted octanol–water partition coefficient (Wildman–Crippen LogP) is 1.45. The lowest BCUT2D eigenvalue weighted by Crippen LogP contribution is -2.01. The first-order chi connectivity index (χ1) is 8.74. The molecule has 5 nitrogen and oxygen atoms in total. The van der Waals surface area contributed by atoms with E-state index in [-0.39, 0.29) is 0 Å². The minimum Gasteiger partial charge on any atom is -0.476 e. The summed E-state index contributed by atoms with van der Waals surface area (Å²) in [6.07, 6.45) is 0. The molecule has 0 atom stereocenters. The van der Waals surface area contributed by atoms with Crippen LogP contribution in [0.5, 0.6) is 0 Å². The van der Waals surface area contributed by atoms with E-state index in [1.807, 2.05) is 37.4 Å². The monoisotopic (exact) mass is 242 g/mol. The maximum atomic E-state index is 5.79. The summed E-state index contributed by atoms with van der Waals surface area (Å²) in [5.74, 6) is 1.35. The molecule has 0 spiro atoms. The lowest BCUT2D eigenvalue weighted by atomic mass is 10.1. The van der Waals surface area contributed by atoms with Crippen LogP contribution in [0.15, 0.2) is 35.3 Å². The summed E-state index contributed by atoms with van der Waals surface area (Å²) < 4.78 is 7.12. The van der Waals surface area contributed by atoms with Crippen LogP contribution in [0, 0.1) is 0 Å². The lowest BCUT2D eigenvalue weighted by molar-refractivity contribution is 0.348. The molecular formula is C13H14N4O. The highest BCUT2D eigenvalue weighted by molar-refractivity contribution is 5.96. The first-order valence-electron chi connectivity index (χ1n) is 5.81. The zero-order chi connectivity index (χ0) is 12.5. The van der Waals surface area contributed by atoms with Gasteiger partial charge in [0.05, 0.1) is 12.2 Å². The number of nitrogens with two attached hydrogens (primary N) is 1. The molecule has 0 unspecified atom stereocenters. The molecule has 0 amide bonds. The Labute approximate surface area is 105 Å². The fourth-order valence-corrected chi connectivity index (χ4v) is 1.94. The molecule has 1 aliphatic rings. The molecule has 92 valence electrons. The minimum atomic E-state index is 0.643. The summed E-state index contributed by atoms with van der Waals surface area (Å²) in [6, 6.07) is 9.84. The van der Waals surface area contributed by atoms with Crippen LogP contribution in [0.3, 0.4) is 0 Å². The highest BCUT2D eigenvalue weighted by Crippen LogP contribution is 2.21. The molecule has 3 rings (SSSR count). The maximum absolute atomic E-state index is 5.79. The third kappa shape index (κ3) is 1.84. The second kappa shape index (κ2) is 4.18. The number of aromatic nitrogens is 2. The van der Waals surface area contributed by atoms with E-state index in [4.69, 9.17) is 10.5 Å². The van der Waals surface area contributed by atoms with Gasteiger partial charge >= 0.3 is 0 Å². The van der Waals surface area contributed by atoms with Crippen LogP contribution < -0.4 is 5.73 Å². The molecule has 0 radical (unpaired) electrons. The highest BCUT2D eigenvalue weighted by atomic mass is 16.5. The van der Waals surface area contributed by atoms with E-state index >= 15 is 0 Å². The zero-order valence-electron chi connectivity index (χ0n) is 10.1. The number of nitrogens with zero attached hydrogens (tertiary/aromatic N) is 3. The molecule has 0 saturated carbocycles. The summed E-state index contributed by atoms with van der Waals surface area (Å²) in [7, 11) is 1.83. The van der Waals surface area contributed by atoms with Crippen molar-refractivity contribution < 1.29 is 4.74 Å². The first kappa shape index (κ1) is 10.8. The number of anilines is 1. The van der Waals surface area contributed by atoms with Crippen molar-refractivity contribution in [2.75, 3.05) is 18.9 Å². The van der Waals surface area contributed by atoms with Crippen molar-refractivity contribution in [3.05, 3.63) is 35.9 Å². The Bertz CT molecular complexity index is 596. The Kier molecular flexibility index (Phi) is 2.51. The number of hydrogen-bond donors (Lipinski definition) is 1. The highest BCUT2D eigenvalue weighted by Gasteiger charge is 2.12. The van der Waals surface area contributed by atoms with Crippen molar-refractivity contribution in [2.45, 2.75) is 0 Å². The normalized spacial score (nSPS) is 14.4. The number of rotatable bonds is 2. The number of nitrogen functional groups attached to an aromatic ring is 1. The van der Waals surface area contributed by atoms with Gasteiger partial charge in [0.2, 0.25) is 5.90 Å². The van der Waals surface area contributed by atoms with Gasteiger partial charge < -0.3 is 10.5 Å². The number of ether oxygens (including phenoxy) is 1. The summed E-state index contributed by atoms with van der Waals surface area (Å²) in [4.78, 5) is 4.31. The smallest absolute Gasteiger partial charge is 0.216 e. The SMILES string of the molecule is Cn1nc(-c2cccc(C3=NCCO3)c2)cc1N. The molecule has 1 aromatic heterocycles. The van der Waals surface area contributed by atoms with Gasteiger partial charge in [-0.25, -0.2) is 4.99 Å². The Hall–Kier alpha value is -2.30. The Morgan fingerprint density at radius 3 is 2.78 bits per heavy atom. The van der Waals surface area contributed by atoms with Crippen LogP contribution in [-0.4, -0.2) is 28.8 Å². The molecular weight excluding hydrogens is 228 g/mol. The largest absolute Gasteiger partial charge is 0.476 e. The van der Waals surface area contributed by atoms with Crippen molar-refractivity contribution in [3.63, 3.8) is 0 Å². The van der Waals surface area contributed by atoms with Gasteiger partial charge in [0.25, 0.3) is 0 Å². The molecule has 2 aromatic rings. The van der Waals surface area contributed by atoms with Crippen molar-refractivity contribution in [3.8, 4) is 11.3 Å². The van der Waals surface area contributed by atoms with Gasteiger partial charge in [-0.3, -0.25) is 4.68 Å². The molecule has 5 heteroatoms. The van der Waals surface area contributed by atoms with Crippen molar-refractivity contribution in [2.24, 2.45) is 12.0 Å². The molecule has 0 bridgehead atoms. The summed E-state index contributed by atoms with van der Waals surface area (Å²) >= 11 is 0. The third-order valence-corrected chi connectivity index (χ3v) is 2.91. The van der Waals surface area contributed by atoms with E-state index in [2.05, 4.69) is 10.1 Å². The van der Waals surface area contributed by atoms with E-state index in [1.54, 1.807) is 4.68 Å². The number of aryl methyl sites for hydroxylation is 1. The van der Waals surface area contributed by atoms with Gasteiger partial charge in [-0.2, -0.15) is 5.10 Å². The fraction of sp³-hybridized carbons (Fsp3) is 0.231. The first-order valence-corrected chi connectivity index (χ1v) is 5.81. The molecule has 0 saturated heterocycles. The van der Waals surface area contributed by atoms with Crippen LogP contribution in [0.25, 0.3) is 11.3 Å². The van der Waals surface area contributed by atoms with E-state index in [9.17, 15) is 0 Å². The Morgan fingerprint density at radius 1 is 1.28 bits per heavy atom. The Balaban J connectivity index is 2.00. The minimum absolute atomic E-state index is 0.643. The van der Waals surface area contributed by atoms with Crippen molar-refractivity contribution in [1.82, 2.24) is 9.78 Å². The van der Waals surface area contributed by atoms with Gasteiger partial charge in [-0.15, -0.1) is 0 Å². The molecule has 1 aliphatic heterocycles. The summed E-state index contributed by atoms with van der Waals surface area (Å²) in [5.41, 5.74) is 8.64. The zero-order valence-corrected chi connectivity index (χ0v) is 10.1. The number of benzene rings is 1. The topological polar surface area (TPSA) is 65.4 Å². The van der Waals surface area contributed by atoms with E-state index in [1.165, 1.54) is 0 Å². The number of hydrogen-bond acceptors (Lipinski definition) is 4. The van der Waals surface area contributed by atoms with E-state index in [0.29, 0.717) is 18.3 Å². The second-order valence-corrected chi connectivity index (χ2v) is 4.19. The van der Waals surface area contributed by atoms with Gasteiger partial charge in [0, 0.05) is 24.2 Å². The van der Waals surface area contributed by atoms with Crippen LogP contribution in [-0.2, 0) is 11.8 Å². The molecule has 2 heterocycles. The van der Waals surface area contributed by atoms with Gasteiger partial charge in [-0.05, 0) is 12.1 Å². The van der Waals surface area contributed by atoms with Gasteiger partial charge in [-0.1, -0.05) is 12.1 Å². The van der Waals surface area contributed by atoms with Crippen LogP contribution in [0.1, 0.15) is 5.56 Å². The van der Waals surface area contributed by atoms with Crippen LogP contribution in [0.2, 0.25) is 0 Å². The van der Waals surface area contributed by atoms with Gasteiger partial charge in [0.15, 0.2) is 0 Å². The van der Waals surface area contributed by atoms with Gasteiger partial charge in [0.1, 0.15) is 12.4 Å².